The van der Waals surface area contributed by atoms with Gasteiger partial charge in [-0.25, -0.2) is 4.98 Å². The van der Waals surface area contributed by atoms with Gasteiger partial charge in [0, 0.05) is 25.2 Å². The van der Waals surface area contributed by atoms with Crippen molar-refractivity contribution < 1.29 is 9.47 Å². The predicted octanol–water partition coefficient (Wildman–Crippen LogP) is 2.66. The molecule has 0 radical (unpaired) electrons. The van der Waals surface area contributed by atoms with Crippen LogP contribution in [-0.2, 0) is 4.74 Å². The van der Waals surface area contributed by atoms with Crippen molar-refractivity contribution >= 4 is 5.82 Å². The molecular formula is C19H25N3O2. The summed E-state index contributed by atoms with van der Waals surface area (Å²) in [7, 11) is 0. The molecule has 0 aliphatic carbocycles. The summed E-state index contributed by atoms with van der Waals surface area (Å²) < 4.78 is 11.3. The fourth-order valence-electron chi connectivity index (χ4n) is 3.12. The van der Waals surface area contributed by atoms with E-state index in [4.69, 9.17) is 15.2 Å². The summed E-state index contributed by atoms with van der Waals surface area (Å²) in [5, 5.41) is 0. The molecule has 0 atom stereocenters. The molecule has 0 saturated carbocycles. The topological polar surface area (TPSA) is 60.6 Å². The molecule has 2 N–H and O–H groups in total. The number of aromatic nitrogens is 1. The minimum Gasteiger partial charge on any atom is -0.492 e. The number of anilines is 1. The Kier molecular flexibility index (Phi) is 5.33. The average molecular weight is 327 g/mol. The molecule has 3 rings (SSSR count). The van der Waals surface area contributed by atoms with Crippen LogP contribution in [0.25, 0.3) is 11.3 Å². The third-order valence-corrected chi connectivity index (χ3v) is 4.31. The summed E-state index contributed by atoms with van der Waals surface area (Å²) >= 11 is 0. The second-order valence-corrected chi connectivity index (χ2v) is 6.18. The lowest BCUT2D eigenvalue weighted by Gasteiger charge is -2.26. The number of hydrogen-bond donors (Lipinski definition) is 1. The highest BCUT2D eigenvalue weighted by molar-refractivity contribution is 5.69. The van der Waals surface area contributed by atoms with E-state index in [1.807, 2.05) is 12.1 Å². The van der Waals surface area contributed by atoms with E-state index in [0.29, 0.717) is 12.4 Å². The smallest absolute Gasteiger partial charge is 0.124 e. The summed E-state index contributed by atoms with van der Waals surface area (Å²) in [6.45, 7) is 9.40. The molecule has 0 spiro atoms. The average Bonchev–Trinajstić information content (AvgIpc) is 2.55. The van der Waals surface area contributed by atoms with E-state index >= 15 is 0 Å². The van der Waals surface area contributed by atoms with E-state index in [2.05, 4.69) is 35.9 Å². The summed E-state index contributed by atoms with van der Waals surface area (Å²) in [6.07, 6.45) is 0. The summed E-state index contributed by atoms with van der Waals surface area (Å²) in [6, 6.07) is 9.88. The maximum Gasteiger partial charge on any atom is 0.124 e. The monoisotopic (exact) mass is 327 g/mol. The Balaban J connectivity index is 1.68. The molecule has 5 nitrogen and oxygen atoms in total. The van der Waals surface area contributed by atoms with Crippen LogP contribution >= 0.6 is 0 Å². The number of morpholine rings is 1. The molecule has 0 bridgehead atoms. The Morgan fingerprint density at radius 2 is 1.88 bits per heavy atom. The van der Waals surface area contributed by atoms with Gasteiger partial charge in [-0.3, -0.25) is 4.90 Å². The van der Waals surface area contributed by atoms with E-state index in [1.165, 1.54) is 0 Å². The van der Waals surface area contributed by atoms with Crippen LogP contribution in [0, 0.1) is 13.8 Å². The molecule has 1 aromatic heterocycles. The molecule has 1 saturated heterocycles. The van der Waals surface area contributed by atoms with Crippen molar-refractivity contribution in [3.05, 3.63) is 41.5 Å². The zero-order chi connectivity index (χ0) is 16.9. The standard InChI is InChI=1S/C19H25N3O2/c1-14-12-16(24-11-8-22-6-9-23-10-7-22)13-15(2)19(14)17-4-3-5-18(20)21-17/h3-5,12-13H,6-11H2,1-2H3,(H2,20,21). The number of hydrogen-bond acceptors (Lipinski definition) is 5. The first-order valence-corrected chi connectivity index (χ1v) is 8.40. The summed E-state index contributed by atoms with van der Waals surface area (Å²) in [4.78, 5) is 6.81. The zero-order valence-corrected chi connectivity index (χ0v) is 14.4. The quantitative estimate of drug-likeness (QED) is 0.915. The molecule has 2 heterocycles. The molecule has 1 aliphatic rings. The molecule has 1 fully saturated rings. The number of nitrogens with two attached hydrogens (primary N) is 1. The summed E-state index contributed by atoms with van der Waals surface area (Å²) in [5.74, 6) is 1.45. The maximum absolute atomic E-state index is 5.96. The van der Waals surface area contributed by atoms with Crippen LogP contribution in [-0.4, -0.2) is 49.3 Å². The van der Waals surface area contributed by atoms with E-state index in [9.17, 15) is 0 Å². The molecule has 0 unspecified atom stereocenters. The van der Waals surface area contributed by atoms with Gasteiger partial charge in [0.05, 0.1) is 18.9 Å². The van der Waals surface area contributed by atoms with Crippen molar-refractivity contribution in [3.63, 3.8) is 0 Å². The minimum absolute atomic E-state index is 0.539. The van der Waals surface area contributed by atoms with Crippen molar-refractivity contribution in [2.45, 2.75) is 13.8 Å². The van der Waals surface area contributed by atoms with E-state index in [-0.39, 0.29) is 0 Å². The van der Waals surface area contributed by atoms with Crippen molar-refractivity contribution in [1.82, 2.24) is 9.88 Å². The maximum atomic E-state index is 5.96. The fourth-order valence-corrected chi connectivity index (χ4v) is 3.12. The van der Waals surface area contributed by atoms with Gasteiger partial charge >= 0.3 is 0 Å². The lowest BCUT2D eigenvalue weighted by atomic mass is 9.99. The van der Waals surface area contributed by atoms with Crippen LogP contribution in [0.4, 0.5) is 5.82 Å². The Morgan fingerprint density at radius 3 is 2.54 bits per heavy atom. The summed E-state index contributed by atoms with van der Waals surface area (Å²) in [5.41, 5.74) is 10.1. The first kappa shape index (κ1) is 16.7. The van der Waals surface area contributed by atoms with Crippen LogP contribution in [0.5, 0.6) is 5.75 Å². The van der Waals surface area contributed by atoms with Crippen LogP contribution in [0.3, 0.4) is 0 Å². The van der Waals surface area contributed by atoms with Gasteiger partial charge in [0.25, 0.3) is 0 Å². The normalized spacial score (nSPS) is 15.4. The number of nitrogen functional groups attached to an aromatic ring is 1. The lowest BCUT2D eigenvalue weighted by Crippen LogP contribution is -2.38. The minimum atomic E-state index is 0.539. The Bertz CT molecular complexity index is 674. The predicted molar refractivity (Wildman–Crippen MR) is 96.3 cm³/mol. The molecule has 128 valence electrons. The van der Waals surface area contributed by atoms with Gasteiger partial charge in [0.1, 0.15) is 18.2 Å². The number of benzene rings is 1. The molecule has 0 amide bonds. The molecule has 24 heavy (non-hydrogen) atoms. The lowest BCUT2D eigenvalue weighted by molar-refractivity contribution is 0.0322. The zero-order valence-electron chi connectivity index (χ0n) is 14.4. The number of rotatable bonds is 5. The van der Waals surface area contributed by atoms with Crippen molar-refractivity contribution in [3.8, 4) is 17.0 Å². The first-order valence-electron chi connectivity index (χ1n) is 8.40. The largest absolute Gasteiger partial charge is 0.492 e. The van der Waals surface area contributed by atoms with E-state index in [0.717, 1.165) is 61.0 Å². The van der Waals surface area contributed by atoms with Gasteiger partial charge in [-0.1, -0.05) is 6.07 Å². The molecule has 1 aromatic carbocycles. The van der Waals surface area contributed by atoms with Crippen LogP contribution in [0.1, 0.15) is 11.1 Å². The number of nitrogens with zero attached hydrogens (tertiary/aromatic N) is 2. The molecular weight excluding hydrogens is 302 g/mol. The third kappa shape index (κ3) is 4.04. The highest BCUT2D eigenvalue weighted by Crippen LogP contribution is 2.30. The Labute approximate surface area is 143 Å². The SMILES string of the molecule is Cc1cc(OCCN2CCOCC2)cc(C)c1-c1cccc(N)n1. The second kappa shape index (κ2) is 7.64. The Morgan fingerprint density at radius 1 is 1.17 bits per heavy atom. The van der Waals surface area contributed by atoms with Crippen LogP contribution in [0.15, 0.2) is 30.3 Å². The highest BCUT2D eigenvalue weighted by atomic mass is 16.5. The number of aryl methyl sites for hydroxylation is 2. The van der Waals surface area contributed by atoms with Crippen molar-refractivity contribution in [2.75, 3.05) is 45.2 Å². The first-order chi connectivity index (χ1) is 11.6. The number of pyridine rings is 1. The van der Waals surface area contributed by atoms with Gasteiger partial charge in [-0.2, -0.15) is 0 Å². The van der Waals surface area contributed by atoms with Gasteiger partial charge in [-0.05, 0) is 49.2 Å². The fraction of sp³-hybridized carbons (Fsp3) is 0.421. The van der Waals surface area contributed by atoms with Gasteiger partial charge in [0.2, 0.25) is 0 Å². The highest BCUT2D eigenvalue weighted by Gasteiger charge is 2.12. The third-order valence-electron chi connectivity index (χ3n) is 4.31. The number of ether oxygens (including phenoxy) is 2. The van der Waals surface area contributed by atoms with Gasteiger partial charge in [-0.15, -0.1) is 0 Å². The van der Waals surface area contributed by atoms with Gasteiger partial charge < -0.3 is 15.2 Å². The van der Waals surface area contributed by atoms with Crippen LogP contribution in [0.2, 0.25) is 0 Å². The molecule has 5 heteroatoms. The van der Waals surface area contributed by atoms with E-state index < -0.39 is 0 Å². The van der Waals surface area contributed by atoms with Crippen LogP contribution < -0.4 is 10.5 Å². The molecule has 2 aromatic rings. The Hall–Kier alpha value is -2.11. The molecule has 1 aliphatic heterocycles. The van der Waals surface area contributed by atoms with Gasteiger partial charge in [0.15, 0.2) is 0 Å². The van der Waals surface area contributed by atoms with Crippen molar-refractivity contribution in [1.29, 1.82) is 0 Å². The second-order valence-electron chi connectivity index (χ2n) is 6.18. The van der Waals surface area contributed by atoms with E-state index in [1.54, 1.807) is 6.07 Å². The van der Waals surface area contributed by atoms with Crippen molar-refractivity contribution in [2.24, 2.45) is 0 Å².